The van der Waals surface area contributed by atoms with Crippen molar-refractivity contribution in [1.82, 2.24) is 4.98 Å². The zero-order chi connectivity index (χ0) is 8.39. The number of rotatable bonds is 1. The summed E-state index contributed by atoms with van der Waals surface area (Å²) in [7, 11) is 0. The van der Waals surface area contributed by atoms with Gasteiger partial charge in [-0.25, -0.2) is 0 Å². The number of aromatic nitrogens is 1. The van der Waals surface area contributed by atoms with Crippen LogP contribution >= 0.6 is 0 Å². The van der Waals surface area contributed by atoms with Crippen LogP contribution < -0.4 is 0 Å². The number of hydrogen-bond acceptors (Lipinski definition) is 2. The van der Waals surface area contributed by atoms with E-state index >= 15 is 0 Å². The quantitative estimate of drug-likeness (QED) is 0.639. The molecule has 0 bridgehead atoms. The lowest BCUT2D eigenvalue weighted by molar-refractivity contribution is 0.582. The van der Waals surface area contributed by atoms with Gasteiger partial charge in [0.1, 0.15) is 5.76 Å². The molecule has 60 valence electrons. The molecule has 0 aromatic carbocycles. The third-order valence-electron chi connectivity index (χ3n) is 1.68. The molecule has 0 N–H and O–H groups in total. The molecule has 2 nitrogen and oxygen atoms in total. The summed E-state index contributed by atoms with van der Waals surface area (Å²) >= 11 is 0. The Morgan fingerprint density at radius 2 is 2.25 bits per heavy atom. The highest BCUT2D eigenvalue weighted by atomic mass is 16.3. The zero-order valence-corrected chi connectivity index (χ0v) is 6.82. The summed E-state index contributed by atoms with van der Waals surface area (Å²) in [6, 6.07) is 5.85. The summed E-state index contributed by atoms with van der Waals surface area (Å²) < 4.78 is 5.23. The highest BCUT2D eigenvalue weighted by molar-refractivity contribution is 5.56. The predicted molar refractivity (Wildman–Crippen MR) is 46.7 cm³/mol. The minimum absolute atomic E-state index is 0.867. The fourth-order valence-corrected chi connectivity index (χ4v) is 1.13. The second kappa shape index (κ2) is 2.81. The molecule has 0 saturated heterocycles. The van der Waals surface area contributed by atoms with Gasteiger partial charge in [-0.2, -0.15) is 0 Å². The van der Waals surface area contributed by atoms with E-state index in [1.165, 1.54) is 0 Å². The Hall–Kier alpha value is -1.57. The Balaban J connectivity index is 2.48. The van der Waals surface area contributed by atoms with Crippen molar-refractivity contribution in [2.24, 2.45) is 0 Å². The van der Waals surface area contributed by atoms with Gasteiger partial charge >= 0.3 is 0 Å². The fraction of sp³-hybridized carbons (Fsp3) is 0.100. The van der Waals surface area contributed by atoms with Crippen LogP contribution in [0.15, 0.2) is 41.3 Å². The molecule has 2 heteroatoms. The van der Waals surface area contributed by atoms with Crippen LogP contribution in [0.25, 0.3) is 11.3 Å². The molecule has 0 aliphatic rings. The third-order valence-corrected chi connectivity index (χ3v) is 1.68. The molecule has 0 atom stereocenters. The van der Waals surface area contributed by atoms with Gasteiger partial charge in [-0.3, -0.25) is 4.98 Å². The maximum absolute atomic E-state index is 5.23. The normalized spacial score (nSPS) is 10.1. The molecule has 0 aliphatic carbocycles. The van der Waals surface area contributed by atoms with Crippen LogP contribution in [0.2, 0.25) is 0 Å². The molecule has 2 rings (SSSR count). The lowest BCUT2D eigenvalue weighted by atomic mass is 10.2. The van der Waals surface area contributed by atoms with Crippen LogP contribution in [0, 0.1) is 6.92 Å². The molecule has 0 spiro atoms. The van der Waals surface area contributed by atoms with Crippen molar-refractivity contribution in [2.75, 3.05) is 0 Å². The molecule has 0 unspecified atom stereocenters. The average Bonchev–Trinajstić information content (AvgIpc) is 2.56. The van der Waals surface area contributed by atoms with Crippen LogP contribution in [-0.2, 0) is 0 Å². The summed E-state index contributed by atoms with van der Waals surface area (Å²) in [5.74, 6) is 0.867. The first-order valence-corrected chi connectivity index (χ1v) is 3.82. The smallest absolute Gasteiger partial charge is 0.135 e. The van der Waals surface area contributed by atoms with Crippen LogP contribution in [0.4, 0.5) is 0 Å². The topological polar surface area (TPSA) is 26.0 Å². The first-order valence-electron chi connectivity index (χ1n) is 3.82. The molecular formula is C10H9NO. The summed E-state index contributed by atoms with van der Waals surface area (Å²) in [5.41, 5.74) is 2.17. The van der Waals surface area contributed by atoms with Crippen molar-refractivity contribution in [2.45, 2.75) is 6.92 Å². The Morgan fingerprint density at radius 3 is 2.92 bits per heavy atom. The van der Waals surface area contributed by atoms with Crippen molar-refractivity contribution in [3.63, 3.8) is 0 Å². The standard InChI is InChI=1S/C10H9NO/c1-8-5-9(7-11-6-8)10-3-2-4-12-10/h2-7H,1H3. The lowest BCUT2D eigenvalue weighted by Gasteiger charge is -1.96. The van der Waals surface area contributed by atoms with Gasteiger partial charge in [0.25, 0.3) is 0 Å². The van der Waals surface area contributed by atoms with Gasteiger partial charge in [-0.15, -0.1) is 0 Å². The van der Waals surface area contributed by atoms with E-state index in [-0.39, 0.29) is 0 Å². The molecule has 0 saturated carbocycles. The van der Waals surface area contributed by atoms with E-state index < -0.39 is 0 Å². The maximum atomic E-state index is 5.23. The Labute approximate surface area is 70.9 Å². The summed E-state index contributed by atoms with van der Waals surface area (Å²) in [6.07, 6.45) is 5.29. The first kappa shape index (κ1) is 7.10. The molecule has 2 heterocycles. The monoisotopic (exact) mass is 159 g/mol. The van der Waals surface area contributed by atoms with Crippen LogP contribution in [-0.4, -0.2) is 4.98 Å². The van der Waals surface area contributed by atoms with Crippen molar-refractivity contribution >= 4 is 0 Å². The second-order valence-electron chi connectivity index (χ2n) is 2.73. The van der Waals surface area contributed by atoms with Gasteiger partial charge < -0.3 is 4.42 Å². The van der Waals surface area contributed by atoms with Gasteiger partial charge in [0, 0.05) is 18.0 Å². The average molecular weight is 159 g/mol. The molecule has 0 radical (unpaired) electrons. The van der Waals surface area contributed by atoms with Crippen molar-refractivity contribution in [3.8, 4) is 11.3 Å². The van der Waals surface area contributed by atoms with E-state index in [4.69, 9.17) is 4.42 Å². The van der Waals surface area contributed by atoms with Gasteiger partial charge in [0.15, 0.2) is 0 Å². The Bertz CT molecular complexity index is 365. The van der Waals surface area contributed by atoms with Crippen LogP contribution in [0.3, 0.4) is 0 Å². The van der Waals surface area contributed by atoms with Gasteiger partial charge in [-0.05, 0) is 30.7 Å². The van der Waals surface area contributed by atoms with Crippen LogP contribution in [0.1, 0.15) is 5.56 Å². The van der Waals surface area contributed by atoms with Crippen LogP contribution in [0.5, 0.6) is 0 Å². The summed E-state index contributed by atoms with van der Waals surface area (Å²) in [6.45, 7) is 2.01. The number of aryl methyl sites for hydroxylation is 1. The molecule has 0 fully saturated rings. The number of furan rings is 1. The van der Waals surface area contributed by atoms with Gasteiger partial charge in [-0.1, -0.05) is 0 Å². The summed E-state index contributed by atoms with van der Waals surface area (Å²) in [5, 5.41) is 0. The first-order chi connectivity index (χ1) is 5.86. The molecular weight excluding hydrogens is 150 g/mol. The number of pyridine rings is 1. The van der Waals surface area contributed by atoms with E-state index in [0.29, 0.717) is 0 Å². The molecule has 0 aliphatic heterocycles. The minimum atomic E-state index is 0.867. The van der Waals surface area contributed by atoms with Gasteiger partial charge in [0.05, 0.1) is 6.26 Å². The zero-order valence-electron chi connectivity index (χ0n) is 6.82. The summed E-state index contributed by atoms with van der Waals surface area (Å²) in [4.78, 5) is 4.08. The van der Waals surface area contributed by atoms with E-state index in [9.17, 15) is 0 Å². The van der Waals surface area contributed by atoms with E-state index in [1.54, 1.807) is 12.5 Å². The van der Waals surface area contributed by atoms with Crippen molar-refractivity contribution in [1.29, 1.82) is 0 Å². The highest BCUT2D eigenvalue weighted by Crippen LogP contribution is 2.18. The molecule has 12 heavy (non-hydrogen) atoms. The van der Waals surface area contributed by atoms with Gasteiger partial charge in [0.2, 0.25) is 0 Å². The molecule has 2 aromatic heterocycles. The fourth-order valence-electron chi connectivity index (χ4n) is 1.13. The minimum Gasteiger partial charge on any atom is -0.464 e. The predicted octanol–water partition coefficient (Wildman–Crippen LogP) is 2.65. The molecule has 0 amide bonds. The van der Waals surface area contributed by atoms with E-state index in [1.807, 2.05) is 31.3 Å². The molecule has 2 aromatic rings. The lowest BCUT2D eigenvalue weighted by Crippen LogP contribution is -1.79. The maximum Gasteiger partial charge on any atom is 0.135 e. The Morgan fingerprint density at radius 1 is 1.33 bits per heavy atom. The van der Waals surface area contributed by atoms with E-state index in [2.05, 4.69) is 4.98 Å². The largest absolute Gasteiger partial charge is 0.464 e. The third kappa shape index (κ3) is 1.23. The van der Waals surface area contributed by atoms with Crippen molar-refractivity contribution in [3.05, 3.63) is 42.4 Å². The van der Waals surface area contributed by atoms with Crippen molar-refractivity contribution < 1.29 is 4.42 Å². The number of hydrogen-bond donors (Lipinski definition) is 0. The number of nitrogens with zero attached hydrogens (tertiary/aromatic N) is 1. The second-order valence-corrected chi connectivity index (χ2v) is 2.73. The van der Waals surface area contributed by atoms with E-state index in [0.717, 1.165) is 16.9 Å². The SMILES string of the molecule is Cc1cncc(-c2ccco2)c1. The Kier molecular flexibility index (Phi) is 1.67. The highest BCUT2D eigenvalue weighted by Gasteiger charge is 1.99.